The van der Waals surface area contributed by atoms with Gasteiger partial charge in [0.2, 0.25) is 5.91 Å². The number of hydrogen-bond donors (Lipinski definition) is 3. The number of primary amides is 1. The quantitative estimate of drug-likeness (QED) is 0.421. The summed E-state index contributed by atoms with van der Waals surface area (Å²) >= 11 is 1.30. The third-order valence-electron chi connectivity index (χ3n) is 6.09. The van der Waals surface area contributed by atoms with Gasteiger partial charge in [-0.25, -0.2) is 9.59 Å². The van der Waals surface area contributed by atoms with Gasteiger partial charge in [0.15, 0.2) is 0 Å². The molecule has 4 N–H and O–H groups in total. The molecule has 0 spiro atoms. The molecule has 4 heterocycles. The Morgan fingerprint density at radius 3 is 2.41 bits per heavy atom. The Bertz CT molecular complexity index is 1210. The minimum atomic E-state index is -1.16. The third-order valence-corrected chi connectivity index (χ3v) is 7.20. The second-order valence-electron chi connectivity index (χ2n) is 7.99. The fourth-order valence-electron chi connectivity index (χ4n) is 4.65. The number of carboxylic acids is 1. The van der Waals surface area contributed by atoms with Gasteiger partial charge in [0.1, 0.15) is 11.7 Å². The van der Waals surface area contributed by atoms with Gasteiger partial charge < -0.3 is 21.1 Å². The molecule has 0 saturated carbocycles. The Hall–Kier alpha value is -2.86. The third kappa shape index (κ3) is 4.09. The first-order valence-electron chi connectivity index (χ1n) is 10.2. The van der Waals surface area contributed by atoms with Gasteiger partial charge in [0.05, 0.1) is 6.04 Å². The average Bonchev–Trinajstić information content (AvgIpc) is 3.16. The van der Waals surface area contributed by atoms with E-state index in [1.165, 1.54) is 33.7 Å². The van der Waals surface area contributed by atoms with E-state index in [2.05, 4.69) is 10.3 Å². The summed E-state index contributed by atoms with van der Waals surface area (Å²) in [6.45, 7) is 0.329. The summed E-state index contributed by atoms with van der Waals surface area (Å²) in [5.41, 5.74) is 6.00. The topological polar surface area (TPSA) is 146 Å². The summed E-state index contributed by atoms with van der Waals surface area (Å²) in [5, 5.41) is 12.6. The molecule has 5 rings (SSSR count). The summed E-state index contributed by atoms with van der Waals surface area (Å²) in [6, 6.07) is 8.19. The van der Waals surface area contributed by atoms with E-state index in [1.807, 2.05) is 0 Å². The van der Waals surface area contributed by atoms with Crippen molar-refractivity contribution in [2.24, 2.45) is 11.7 Å². The van der Waals surface area contributed by atoms with Crippen LogP contribution in [0.15, 0.2) is 64.3 Å². The molecule has 12 heteroatoms. The van der Waals surface area contributed by atoms with Crippen LogP contribution >= 0.6 is 11.8 Å². The van der Waals surface area contributed by atoms with Gasteiger partial charge in [0.25, 0.3) is 5.91 Å². The summed E-state index contributed by atoms with van der Waals surface area (Å²) in [6.07, 6.45) is 3.70. The molecular weight excluding hydrogens is 469 g/mol. The SMILES string of the molecule is NC(=O)c1ccc(NC(=O)N2C[C@H]3CC(Sc4ccncc4)=C(C(=O)O)N4C(=O)[C@@H]2[C@@H]34)cc1.[NaH]. The number of hydrogen-bond acceptors (Lipinski definition) is 6. The molecule has 0 unspecified atom stereocenters. The monoisotopic (exact) mass is 489 g/mol. The van der Waals surface area contributed by atoms with Gasteiger partial charge in [0, 0.05) is 45.9 Å². The van der Waals surface area contributed by atoms with E-state index in [1.54, 1.807) is 36.7 Å². The zero-order chi connectivity index (χ0) is 23.3. The molecular formula is C22H20N5NaO5S. The molecule has 0 radical (unpaired) electrons. The van der Waals surface area contributed by atoms with Crippen molar-refractivity contribution in [1.29, 1.82) is 0 Å². The van der Waals surface area contributed by atoms with Crippen LogP contribution in [0, 0.1) is 5.92 Å². The number of aromatic nitrogens is 1. The maximum atomic E-state index is 13.0. The number of pyridine rings is 1. The number of thioether (sulfide) groups is 1. The second-order valence-corrected chi connectivity index (χ2v) is 9.16. The van der Waals surface area contributed by atoms with Crippen LogP contribution in [0.3, 0.4) is 0 Å². The first-order valence-corrected chi connectivity index (χ1v) is 11.0. The van der Waals surface area contributed by atoms with E-state index in [-0.39, 0.29) is 47.2 Å². The normalized spacial score (nSPS) is 22.5. The standard InChI is InChI=1S/C22H19N5O5S.Na.H/c23-19(28)11-1-3-13(4-2-11)25-22(32)26-10-12-9-15(33-14-5-7-24-8-6-14)17(21(30)31)27-16(12)18(26)20(27)29;;/h1-8,12,16,18H,9-10H2,(H2,23,28)(H,25,32)(H,30,31);;/t12-,16-,18+;;/m1../s1. The van der Waals surface area contributed by atoms with Crippen molar-refractivity contribution < 1.29 is 24.3 Å². The van der Waals surface area contributed by atoms with E-state index < -0.39 is 29.9 Å². The molecule has 3 aliphatic heterocycles. The number of nitrogens with one attached hydrogen (secondary N) is 1. The number of nitrogens with zero attached hydrogens (tertiary/aromatic N) is 3. The van der Waals surface area contributed by atoms with Crippen molar-refractivity contribution in [2.45, 2.75) is 23.4 Å². The van der Waals surface area contributed by atoms with Crippen LogP contribution in [-0.2, 0) is 9.59 Å². The van der Waals surface area contributed by atoms with Crippen LogP contribution in [0.5, 0.6) is 0 Å². The van der Waals surface area contributed by atoms with Crippen molar-refractivity contribution >= 4 is 70.8 Å². The number of carbonyl (C=O) groups excluding carboxylic acids is 3. The molecule has 4 amide bonds. The summed E-state index contributed by atoms with van der Waals surface area (Å²) in [7, 11) is 0. The van der Waals surface area contributed by atoms with E-state index in [4.69, 9.17) is 5.73 Å². The molecule has 1 aromatic carbocycles. The molecule has 3 atom stereocenters. The van der Waals surface area contributed by atoms with Crippen molar-refractivity contribution in [3.63, 3.8) is 0 Å². The molecule has 1 aromatic heterocycles. The fourth-order valence-corrected chi connectivity index (χ4v) is 5.77. The zero-order valence-electron chi connectivity index (χ0n) is 17.2. The molecule has 34 heavy (non-hydrogen) atoms. The number of carboxylic acid groups (broad SMARTS) is 1. The number of urea groups is 1. The Balaban J connectivity index is 0.00000274. The number of amides is 4. The molecule has 3 aliphatic rings. The number of likely N-dealkylation sites (tertiary alicyclic amines) is 1. The first-order chi connectivity index (χ1) is 15.8. The van der Waals surface area contributed by atoms with E-state index in [0.717, 1.165) is 4.90 Å². The van der Waals surface area contributed by atoms with Crippen molar-refractivity contribution in [3.05, 3.63) is 65.0 Å². The van der Waals surface area contributed by atoms with Crippen LogP contribution in [0.1, 0.15) is 16.8 Å². The van der Waals surface area contributed by atoms with Gasteiger partial charge >= 0.3 is 41.6 Å². The molecule has 170 valence electrons. The zero-order valence-corrected chi connectivity index (χ0v) is 18.0. The number of aliphatic carboxylic acids is 1. The van der Waals surface area contributed by atoms with Crippen molar-refractivity contribution in [3.8, 4) is 0 Å². The van der Waals surface area contributed by atoms with Gasteiger partial charge in [-0.1, -0.05) is 11.8 Å². The van der Waals surface area contributed by atoms with Crippen molar-refractivity contribution in [2.75, 3.05) is 11.9 Å². The number of β-lactam (4-membered cyclic amide) rings is 1. The van der Waals surface area contributed by atoms with Gasteiger partial charge in [-0.2, -0.15) is 0 Å². The molecule has 0 bridgehead atoms. The summed E-state index contributed by atoms with van der Waals surface area (Å²) in [5.74, 6) is -2.19. The van der Waals surface area contributed by atoms with Gasteiger partial charge in [-0.3, -0.25) is 19.5 Å². The maximum absolute atomic E-state index is 13.0. The number of anilines is 1. The number of benzene rings is 1. The number of nitrogens with two attached hydrogens (primary N) is 1. The molecule has 10 nitrogen and oxygen atoms in total. The average molecular weight is 489 g/mol. The Labute approximate surface area is 220 Å². The van der Waals surface area contributed by atoms with Crippen LogP contribution < -0.4 is 11.1 Å². The first kappa shape index (κ1) is 24.3. The number of allylic oxidation sites excluding steroid dienone is 1. The molecule has 2 saturated heterocycles. The van der Waals surface area contributed by atoms with E-state index >= 15 is 0 Å². The van der Waals surface area contributed by atoms with Crippen molar-refractivity contribution in [1.82, 2.24) is 14.8 Å². The van der Waals surface area contributed by atoms with Crippen LogP contribution in [0.2, 0.25) is 0 Å². The Morgan fingerprint density at radius 2 is 1.79 bits per heavy atom. The number of carbonyl (C=O) groups is 4. The van der Waals surface area contributed by atoms with Crippen LogP contribution in [-0.4, -0.2) is 91.9 Å². The second kappa shape index (κ2) is 9.41. The molecule has 2 fully saturated rings. The fraction of sp³-hybridized carbons (Fsp3) is 0.227. The van der Waals surface area contributed by atoms with E-state index in [9.17, 15) is 24.3 Å². The predicted octanol–water partition coefficient (Wildman–Crippen LogP) is 1.07. The minimum absolute atomic E-state index is 0. The Kier molecular flexibility index (Phi) is 6.72. The number of rotatable bonds is 5. The summed E-state index contributed by atoms with van der Waals surface area (Å²) < 4.78 is 0. The predicted molar refractivity (Wildman–Crippen MR) is 125 cm³/mol. The Morgan fingerprint density at radius 1 is 1.12 bits per heavy atom. The molecule has 0 aliphatic carbocycles. The molecule has 2 aromatic rings. The van der Waals surface area contributed by atoms with Gasteiger partial charge in [-0.05, 0) is 42.8 Å². The van der Waals surface area contributed by atoms with Crippen LogP contribution in [0.25, 0.3) is 0 Å². The van der Waals surface area contributed by atoms with Crippen LogP contribution in [0.4, 0.5) is 10.5 Å². The summed E-state index contributed by atoms with van der Waals surface area (Å²) in [4.78, 5) is 57.4. The van der Waals surface area contributed by atoms with E-state index in [0.29, 0.717) is 29.1 Å². The van der Waals surface area contributed by atoms with Gasteiger partial charge in [-0.15, -0.1) is 0 Å².